The van der Waals surface area contributed by atoms with Crippen molar-refractivity contribution in [3.05, 3.63) is 71.3 Å². The van der Waals surface area contributed by atoms with Crippen LogP contribution >= 0.6 is 11.6 Å². The van der Waals surface area contributed by atoms with E-state index in [1.54, 1.807) is 55.5 Å². The van der Waals surface area contributed by atoms with E-state index < -0.39 is 29.9 Å². The number of carbonyl (C=O) groups is 3. The average molecular weight is 428 g/mol. The van der Waals surface area contributed by atoms with E-state index in [0.717, 1.165) is 10.5 Å². The van der Waals surface area contributed by atoms with Crippen LogP contribution in [0.4, 0.5) is 10.5 Å². The Kier molecular flexibility index (Phi) is 6.12. The van der Waals surface area contributed by atoms with E-state index >= 15 is 0 Å². The monoisotopic (exact) mass is 427 g/mol. The van der Waals surface area contributed by atoms with Crippen molar-refractivity contribution in [1.29, 1.82) is 0 Å². The number of ether oxygens (including phenoxy) is 1. The second-order valence-corrected chi connectivity index (χ2v) is 7.65. The van der Waals surface area contributed by atoms with Crippen LogP contribution in [0.2, 0.25) is 5.02 Å². The van der Waals surface area contributed by atoms with Gasteiger partial charge in [0.15, 0.2) is 0 Å². The molecule has 7 nitrogen and oxygen atoms in total. The average Bonchev–Trinajstić information content (AvgIpc) is 2.92. The molecule has 0 radical (unpaired) electrons. The zero-order valence-electron chi connectivity index (χ0n) is 16.7. The number of amides is 4. The van der Waals surface area contributed by atoms with Gasteiger partial charge < -0.3 is 15.4 Å². The van der Waals surface area contributed by atoms with Gasteiger partial charge in [-0.1, -0.05) is 42.4 Å². The molecule has 0 spiro atoms. The van der Waals surface area contributed by atoms with Crippen molar-refractivity contribution in [3.8, 4) is 5.75 Å². The van der Waals surface area contributed by atoms with Crippen LogP contribution in [-0.2, 0) is 15.1 Å². The lowest BCUT2D eigenvalue weighted by atomic mass is 9.92. The van der Waals surface area contributed by atoms with Crippen LogP contribution in [0.5, 0.6) is 5.75 Å². The molecule has 3 rings (SSSR count). The largest absolute Gasteiger partial charge is 0.489 e. The van der Waals surface area contributed by atoms with Gasteiger partial charge in [0.05, 0.1) is 10.7 Å². The highest BCUT2D eigenvalue weighted by atomic mass is 35.5. The Hall–Kier alpha value is -3.32. The van der Waals surface area contributed by atoms with Gasteiger partial charge in [0.1, 0.15) is 24.4 Å². The molecule has 4 amide bonds. The van der Waals surface area contributed by atoms with Crippen molar-refractivity contribution in [2.45, 2.75) is 19.4 Å². The Morgan fingerprint density at radius 1 is 1.20 bits per heavy atom. The number of carbonyl (C=O) groups excluding carboxylic acids is 3. The van der Waals surface area contributed by atoms with Crippen molar-refractivity contribution in [1.82, 2.24) is 10.2 Å². The molecule has 1 unspecified atom stereocenters. The van der Waals surface area contributed by atoms with Gasteiger partial charge in [-0.05, 0) is 49.2 Å². The molecule has 1 saturated heterocycles. The van der Waals surface area contributed by atoms with Crippen LogP contribution in [0.25, 0.3) is 0 Å². The van der Waals surface area contributed by atoms with E-state index in [1.807, 2.05) is 6.92 Å². The van der Waals surface area contributed by atoms with E-state index in [1.165, 1.54) is 0 Å². The Morgan fingerprint density at radius 3 is 2.50 bits per heavy atom. The fourth-order valence-electron chi connectivity index (χ4n) is 3.02. The number of hydrogen-bond acceptors (Lipinski definition) is 4. The van der Waals surface area contributed by atoms with E-state index in [2.05, 4.69) is 17.2 Å². The summed E-state index contributed by atoms with van der Waals surface area (Å²) < 4.78 is 5.56. The summed E-state index contributed by atoms with van der Waals surface area (Å²) in [5.41, 5.74) is 0.589. The summed E-state index contributed by atoms with van der Waals surface area (Å²) in [6.07, 6.45) is 0. The zero-order chi connectivity index (χ0) is 21.9. The van der Waals surface area contributed by atoms with Crippen molar-refractivity contribution in [3.63, 3.8) is 0 Å². The first kappa shape index (κ1) is 21.4. The van der Waals surface area contributed by atoms with Crippen LogP contribution in [0, 0.1) is 0 Å². The summed E-state index contributed by atoms with van der Waals surface area (Å²) in [5.74, 6) is -0.421. The molecule has 0 saturated carbocycles. The number of nitrogens with one attached hydrogen (secondary N) is 2. The smallest absolute Gasteiger partial charge is 0.325 e. The number of imide groups is 1. The second-order valence-electron chi connectivity index (χ2n) is 7.24. The van der Waals surface area contributed by atoms with Gasteiger partial charge in [0.2, 0.25) is 5.91 Å². The number of anilines is 1. The molecule has 1 atom stereocenters. The third kappa shape index (κ3) is 4.46. The minimum Gasteiger partial charge on any atom is -0.489 e. The third-order valence-corrected chi connectivity index (χ3v) is 4.97. The molecular weight excluding hydrogens is 406 g/mol. The fourth-order valence-corrected chi connectivity index (χ4v) is 3.21. The van der Waals surface area contributed by atoms with Crippen molar-refractivity contribution in [2.75, 3.05) is 18.5 Å². The van der Waals surface area contributed by atoms with Crippen LogP contribution < -0.4 is 15.4 Å². The van der Waals surface area contributed by atoms with Crippen molar-refractivity contribution in [2.24, 2.45) is 0 Å². The van der Waals surface area contributed by atoms with E-state index in [9.17, 15) is 14.4 Å². The van der Waals surface area contributed by atoms with Crippen LogP contribution in [0.1, 0.15) is 19.4 Å². The summed E-state index contributed by atoms with van der Waals surface area (Å²) in [6.45, 7) is 7.20. The number of benzene rings is 2. The number of hydrogen-bond donors (Lipinski definition) is 2. The van der Waals surface area contributed by atoms with Crippen molar-refractivity contribution >= 4 is 35.1 Å². The normalized spacial score (nSPS) is 18.2. The Labute approximate surface area is 179 Å². The molecule has 8 heteroatoms. The third-order valence-electron chi connectivity index (χ3n) is 4.64. The highest BCUT2D eigenvalue weighted by Gasteiger charge is 2.49. The minimum absolute atomic E-state index is 0.363. The molecule has 0 aliphatic carbocycles. The van der Waals surface area contributed by atoms with Gasteiger partial charge in [-0.2, -0.15) is 0 Å². The Bertz CT molecular complexity index is 1010. The predicted molar refractivity (Wildman–Crippen MR) is 114 cm³/mol. The minimum atomic E-state index is -1.28. The number of rotatable bonds is 7. The lowest BCUT2D eigenvalue weighted by Crippen LogP contribution is -2.42. The second kappa shape index (κ2) is 8.59. The maximum absolute atomic E-state index is 13.0. The predicted octanol–water partition coefficient (Wildman–Crippen LogP) is 3.70. The molecule has 1 aliphatic rings. The first-order valence-electron chi connectivity index (χ1n) is 9.27. The molecule has 2 aromatic rings. The quantitative estimate of drug-likeness (QED) is 0.521. The summed E-state index contributed by atoms with van der Waals surface area (Å²) in [7, 11) is 0. The van der Waals surface area contributed by atoms with Crippen LogP contribution in [0.15, 0.2) is 60.7 Å². The molecule has 1 heterocycles. The molecule has 0 aromatic heterocycles. The van der Waals surface area contributed by atoms with Gasteiger partial charge >= 0.3 is 6.03 Å². The maximum Gasteiger partial charge on any atom is 0.325 e. The number of para-hydroxylation sites is 1. The first-order valence-corrected chi connectivity index (χ1v) is 9.64. The standard InChI is InChI=1S/C22H22ClN3O4/c1-14(2)13-30-16-10-8-15(9-11-16)22(3)20(28)26(21(29)25-22)12-19(27)24-18-7-5-4-6-17(18)23/h4-11H,1,12-13H2,2-3H3,(H,24,27)(H,25,29). The molecule has 1 fully saturated rings. The van der Waals surface area contributed by atoms with E-state index in [-0.39, 0.29) is 0 Å². The van der Waals surface area contributed by atoms with E-state index in [0.29, 0.717) is 28.6 Å². The van der Waals surface area contributed by atoms with Crippen LogP contribution in [0.3, 0.4) is 0 Å². The summed E-state index contributed by atoms with van der Waals surface area (Å²) in [4.78, 5) is 38.7. The molecule has 30 heavy (non-hydrogen) atoms. The van der Waals surface area contributed by atoms with Gasteiger partial charge in [-0.25, -0.2) is 4.79 Å². The first-order chi connectivity index (χ1) is 14.2. The summed E-state index contributed by atoms with van der Waals surface area (Å²) in [6, 6.07) is 12.9. The summed E-state index contributed by atoms with van der Waals surface area (Å²) in [5, 5.41) is 5.64. The van der Waals surface area contributed by atoms with Gasteiger partial charge in [-0.3, -0.25) is 14.5 Å². The molecule has 2 N–H and O–H groups in total. The number of halogens is 1. The maximum atomic E-state index is 13.0. The Morgan fingerprint density at radius 2 is 1.87 bits per heavy atom. The SMILES string of the molecule is C=C(C)COc1ccc(C2(C)NC(=O)N(CC(=O)Nc3ccccc3Cl)C2=O)cc1. The van der Waals surface area contributed by atoms with E-state index in [4.69, 9.17) is 16.3 Å². The zero-order valence-corrected chi connectivity index (χ0v) is 17.5. The highest BCUT2D eigenvalue weighted by Crippen LogP contribution is 2.30. The Balaban J connectivity index is 1.70. The summed E-state index contributed by atoms with van der Waals surface area (Å²) >= 11 is 6.03. The lowest BCUT2D eigenvalue weighted by Gasteiger charge is -2.22. The van der Waals surface area contributed by atoms with Gasteiger partial charge in [0, 0.05) is 0 Å². The van der Waals surface area contributed by atoms with Crippen molar-refractivity contribution < 1.29 is 19.1 Å². The lowest BCUT2D eigenvalue weighted by molar-refractivity contribution is -0.133. The number of nitrogens with zero attached hydrogens (tertiary/aromatic N) is 1. The molecular formula is C22H22ClN3O4. The molecule has 2 aromatic carbocycles. The number of urea groups is 1. The highest BCUT2D eigenvalue weighted by molar-refractivity contribution is 6.33. The topological polar surface area (TPSA) is 87.7 Å². The van der Waals surface area contributed by atoms with Gasteiger partial charge in [-0.15, -0.1) is 0 Å². The molecule has 0 bridgehead atoms. The van der Waals surface area contributed by atoms with Crippen LogP contribution in [-0.4, -0.2) is 35.9 Å². The molecule has 1 aliphatic heterocycles. The fraction of sp³-hybridized carbons (Fsp3) is 0.227. The van der Waals surface area contributed by atoms with Gasteiger partial charge in [0.25, 0.3) is 5.91 Å². The molecule has 156 valence electrons.